The molecule has 0 N–H and O–H groups in total. The van der Waals surface area contributed by atoms with Crippen molar-refractivity contribution in [2.24, 2.45) is 0 Å². The van der Waals surface area contributed by atoms with Crippen LogP contribution in [0.3, 0.4) is 0 Å². The highest BCUT2D eigenvalue weighted by atomic mass is 16.5. The average molecular weight is 631 g/mol. The van der Waals surface area contributed by atoms with Gasteiger partial charge in [0.15, 0.2) is 0 Å². The van der Waals surface area contributed by atoms with E-state index < -0.39 is 0 Å². The van der Waals surface area contributed by atoms with E-state index in [0.717, 1.165) is 63.2 Å². The second kappa shape index (κ2) is 18.8. The van der Waals surface area contributed by atoms with Crippen molar-refractivity contribution in [3.63, 3.8) is 0 Å². The van der Waals surface area contributed by atoms with Crippen molar-refractivity contribution < 1.29 is 19.1 Å². The third-order valence-electron chi connectivity index (χ3n) is 9.32. The van der Waals surface area contributed by atoms with Gasteiger partial charge in [-0.05, 0) is 49.9 Å². The van der Waals surface area contributed by atoms with Crippen LogP contribution in [0.15, 0.2) is 47.9 Å². The fraction of sp³-hybridized carbons (Fsp3) is 0.600. The molecule has 252 valence electrons. The molecule has 2 aromatic rings. The molecule has 0 spiro atoms. The lowest BCUT2D eigenvalue weighted by Crippen LogP contribution is -2.25. The second-order valence-electron chi connectivity index (χ2n) is 13.1. The van der Waals surface area contributed by atoms with Gasteiger partial charge in [0.25, 0.3) is 0 Å². The van der Waals surface area contributed by atoms with Crippen LogP contribution in [-0.4, -0.2) is 37.7 Å². The molecule has 2 aromatic carbocycles. The summed E-state index contributed by atoms with van der Waals surface area (Å²) >= 11 is 0. The maximum Gasteiger partial charge on any atom is 0.236 e. The van der Waals surface area contributed by atoms with E-state index in [9.17, 15) is 9.59 Å². The molecule has 2 aliphatic rings. The summed E-state index contributed by atoms with van der Waals surface area (Å²) in [5, 5.41) is 0. The molecular weight excluding hydrogens is 572 g/mol. The van der Waals surface area contributed by atoms with Gasteiger partial charge in [0.05, 0.1) is 11.1 Å². The molecule has 6 nitrogen and oxygen atoms in total. The standard InChI is InChI=1S/C40H58N2O4/c1-5-9-13-17-25-41(26-18-14-10-6-2)31-21-23-33-35(29-31)45-39(37(33)43)40-38(44)34-24-22-32(30-36(34)46-40)42(27-19-15-11-7-3)28-20-16-12-8-4/h21-24,29-30H,5-20,25-28H2,1-4H3/b40-39-. The monoisotopic (exact) mass is 630 g/mol. The lowest BCUT2D eigenvalue weighted by Gasteiger charge is -2.25. The summed E-state index contributed by atoms with van der Waals surface area (Å²) in [4.78, 5) is 31.9. The SMILES string of the molecule is CCCCCCN(CCCCCC)c1ccc2c(c1)O/C(=C1\Oc3cc(N(CCCCCC)CCCCCC)ccc3C1=O)C2=O. The molecule has 0 unspecified atom stereocenters. The van der Waals surface area contributed by atoms with E-state index in [4.69, 9.17) is 9.47 Å². The number of hydrogen-bond acceptors (Lipinski definition) is 6. The lowest BCUT2D eigenvalue weighted by atomic mass is 10.1. The maximum absolute atomic E-state index is 13.5. The van der Waals surface area contributed by atoms with Crippen molar-refractivity contribution in [1.82, 2.24) is 0 Å². The first-order chi connectivity index (χ1) is 22.5. The largest absolute Gasteiger partial charge is 0.448 e. The minimum absolute atomic E-state index is 0.00308. The lowest BCUT2D eigenvalue weighted by molar-refractivity contribution is 0.0960. The Balaban J connectivity index is 1.50. The van der Waals surface area contributed by atoms with Gasteiger partial charge >= 0.3 is 0 Å². The first-order valence-electron chi connectivity index (χ1n) is 18.5. The number of ether oxygens (including phenoxy) is 2. The van der Waals surface area contributed by atoms with Crippen molar-refractivity contribution in [3.8, 4) is 11.5 Å². The molecule has 0 fully saturated rings. The first-order valence-corrected chi connectivity index (χ1v) is 18.5. The highest BCUT2D eigenvalue weighted by Crippen LogP contribution is 2.41. The smallest absolute Gasteiger partial charge is 0.236 e. The van der Waals surface area contributed by atoms with E-state index in [1.54, 1.807) is 0 Å². The molecule has 0 bridgehead atoms. The molecule has 2 aliphatic heterocycles. The zero-order valence-electron chi connectivity index (χ0n) is 29.1. The number of rotatable bonds is 22. The summed E-state index contributed by atoms with van der Waals surface area (Å²) in [5.41, 5.74) is 3.11. The van der Waals surface area contributed by atoms with Crippen molar-refractivity contribution in [1.29, 1.82) is 0 Å². The number of carbonyl (C=O) groups excluding carboxylic acids is 2. The number of allylic oxidation sites excluding steroid dienone is 2. The Hall–Kier alpha value is -3.28. The summed E-state index contributed by atoms with van der Waals surface area (Å²) < 4.78 is 12.3. The molecule has 2 heterocycles. The topological polar surface area (TPSA) is 59.1 Å². The number of nitrogens with zero attached hydrogens (tertiary/aromatic N) is 2. The van der Waals surface area contributed by atoms with Crippen LogP contribution in [0, 0.1) is 0 Å². The molecule has 46 heavy (non-hydrogen) atoms. The molecule has 0 aromatic heterocycles. The summed E-state index contributed by atoms with van der Waals surface area (Å²) in [6, 6.07) is 11.7. The maximum atomic E-state index is 13.5. The quantitative estimate of drug-likeness (QED) is 0.0953. The van der Waals surface area contributed by atoms with Gasteiger partial charge in [0.1, 0.15) is 11.5 Å². The number of Topliss-reactive ketones (excluding diaryl/α,β-unsaturated/α-hetero) is 2. The number of carbonyl (C=O) groups is 2. The van der Waals surface area contributed by atoms with Crippen LogP contribution in [0.4, 0.5) is 11.4 Å². The Morgan fingerprint density at radius 3 is 1.09 bits per heavy atom. The van der Waals surface area contributed by atoms with E-state index in [1.165, 1.54) is 77.0 Å². The van der Waals surface area contributed by atoms with Crippen molar-refractivity contribution in [2.75, 3.05) is 36.0 Å². The Bertz CT molecular complexity index is 1190. The molecule has 0 aliphatic carbocycles. The van der Waals surface area contributed by atoms with Gasteiger partial charge in [0.2, 0.25) is 23.1 Å². The summed E-state index contributed by atoms with van der Waals surface area (Å²) in [7, 11) is 0. The Kier molecular flexibility index (Phi) is 14.5. The molecule has 0 saturated carbocycles. The van der Waals surface area contributed by atoms with Gasteiger partial charge in [0, 0.05) is 49.7 Å². The highest BCUT2D eigenvalue weighted by molar-refractivity contribution is 6.21. The van der Waals surface area contributed by atoms with Crippen molar-refractivity contribution >= 4 is 22.9 Å². The average Bonchev–Trinajstić information content (AvgIpc) is 3.57. The van der Waals surface area contributed by atoms with Crippen LogP contribution in [-0.2, 0) is 0 Å². The van der Waals surface area contributed by atoms with Crippen LogP contribution >= 0.6 is 0 Å². The first kappa shape index (κ1) is 35.6. The minimum Gasteiger partial charge on any atom is -0.448 e. The molecule has 4 rings (SSSR count). The predicted octanol–water partition coefficient (Wildman–Crippen LogP) is 10.7. The minimum atomic E-state index is -0.288. The highest BCUT2D eigenvalue weighted by Gasteiger charge is 2.39. The molecule has 6 heteroatoms. The summed E-state index contributed by atoms with van der Waals surface area (Å²) in [5.74, 6) is 0.449. The van der Waals surface area contributed by atoms with Gasteiger partial charge < -0.3 is 19.3 Å². The fourth-order valence-electron chi connectivity index (χ4n) is 6.47. The van der Waals surface area contributed by atoms with Crippen LogP contribution in [0.2, 0.25) is 0 Å². The normalized spacial score (nSPS) is 15.1. The van der Waals surface area contributed by atoms with Gasteiger partial charge in [-0.3, -0.25) is 9.59 Å². The van der Waals surface area contributed by atoms with E-state index in [2.05, 4.69) is 37.5 Å². The number of fused-ring (bicyclic) bond motifs is 2. The number of anilines is 2. The zero-order valence-corrected chi connectivity index (χ0v) is 29.1. The molecule has 0 saturated heterocycles. The van der Waals surface area contributed by atoms with Crippen LogP contribution in [0.25, 0.3) is 0 Å². The molecular formula is C40H58N2O4. The predicted molar refractivity (Wildman–Crippen MR) is 191 cm³/mol. The number of unbranched alkanes of at least 4 members (excludes halogenated alkanes) is 12. The molecule has 0 atom stereocenters. The van der Waals surface area contributed by atoms with Gasteiger partial charge in [-0.2, -0.15) is 0 Å². The second-order valence-corrected chi connectivity index (χ2v) is 13.1. The van der Waals surface area contributed by atoms with E-state index in [0.29, 0.717) is 22.6 Å². The fourth-order valence-corrected chi connectivity index (χ4v) is 6.47. The Morgan fingerprint density at radius 1 is 0.457 bits per heavy atom. The van der Waals surface area contributed by atoms with E-state index in [1.807, 2.05) is 36.4 Å². The number of benzene rings is 2. The van der Waals surface area contributed by atoms with Crippen LogP contribution < -0.4 is 19.3 Å². The molecule has 0 amide bonds. The molecule has 0 radical (unpaired) electrons. The van der Waals surface area contributed by atoms with Crippen molar-refractivity contribution in [2.45, 2.75) is 130 Å². The Morgan fingerprint density at radius 2 is 0.783 bits per heavy atom. The summed E-state index contributed by atoms with van der Waals surface area (Å²) in [6.07, 6.45) is 19.3. The van der Waals surface area contributed by atoms with Gasteiger partial charge in [-0.1, -0.05) is 105 Å². The number of hydrogen-bond donors (Lipinski definition) is 0. The van der Waals surface area contributed by atoms with Crippen LogP contribution in [0.5, 0.6) is 11.5 Å². The van der Waals surface area contributed by atoms with Gasteiger partial charge in [-0.15, -0.1) is 0 Å². The van der Waals surface area contributed by atoms with E-state index in [-0.39, 0.29) is 23.1 Å². The zero-order chi connectivity index (χ0) is 32.7. The van der Waals surface area contributed by atoms with Crippen LogP contribution in [0.1, 0.15) is 151 Å². The Labute approximate surface area is 278 Å². The third kappa shape index (κ3) is 9.39. The van der Waals surface area contributed by atoms with Gasteiger partial charge in [-0.25, -0.2) is 0 Å². The van der Waals surface area contributed by atoms with E-state index >= 15 is 0 Å². The third-order valence-corrected chi connectivity index (χ3v) is 9.32. The summed E-state index contributed by atoms with van der Waals surface area (Å²) in [6.45, 7) is 12.9. The van der Waals surface area contributed by atoms with Crippen molar-refractivity contribution in [3.05, 3.63) is 59.0 Å². The number of ketones is 2.